The second-order valence-corrected chi connectivity index (χ2v) is 5.82. The molecule has 2 rings (SSSR count). The third-order valence-electron chi connectivity index (χ3n) is 3.47. The number of hydroxylamine groups is 2. The van der Waals surface area contributed by atoms with E-state index in [2.05, 4.69) is 11.9 Å². The first-order chi connectivity index (χ1) is 12.4. The number of ether oxygens (including phenoxy) is 1. The summed E-state index contributed by atoms with van der Waals surface area (Å²) in [7, 11) is 0. The van der Waals surface area contributed by atoms with Crippen LogP contribution in [0.4, 0.5) is 4.79 Å². The topological polar surface area (TPSA) is 102 Å². The smallest absolute Gasteiger partial charge is 0.407 e. The largest absolute Gasteiger partial charge is 0.445 e. The third kappa shape index (κ3) is 5.32. The van der Waals surface area contributed by atoms with Crippen LogP contribution in [0.2, 0.25) is 5.02 Å². The molecule has 1 heterocycles. The van der Waals surface area contributed by atoms with Crippen LogP contribution in [0.15, 0.2) is 36.9 Å². The van der Waals surface area contributed by atoms with Crippen molar-refractivity contribution < 1.29 is 28.8 Å². The average Bonchev–Trinajstić information content (AvgIpc) is 2.92. The Hall–Kier alpha value is -2.87. The summed E-state index contributed by atoms with van der Waals surface area (Å²) in [6.45, 7) is 3.44. The summed E-state index contributed by atoms with van der Waals surface area (Å²) in [5.74, 6) is -2.01. The number of hydrogen-bond donors (Lipinski definition) is 1. The van der Waals surface area contributed by atoms with Gasteiger partial charge in [0.25, 0.3) is 11.8 Å². The van der Waals surface area contributed by atoms with Gasteiger partial charge in [0.05, 0.1) is 12.5 Å². The minimum absolute atomic E-state index is 0.000396. The molecule has 26 heavy (non-hydrogen) atoms. The molecule has 1 aromatic carbocycles. The molecule has 0 spiro atoms. The zero-order valence-electron chi connectivity index (χ0n) is 13.8. The highest BCUT2D eigenvalue weighted by Gasteiger charge is 2.33. The van der Waals surface area contributed by atoms with Crippen molar-refractivity contribution in [1.29, 1.82) is 0 Å². The van der Waals surface area contributed by atoms with Crippen molar-refractivity contribution in [3.05, 3.63) is 47.5 Å². The van der Waals surface area contributed by atoms with Gasteiger partial charge in [-0.15, -0.1) is 5.06 Å². The van der Waals surface area contributed by atoms with Gasteiger partial charge < -0.3 is 14.9 Å². The maximum atomic E-state index is 12.1. The molecule has 0 radical (unpaired) electrons. The Labute approximate surface area is 154 Å². The molecule has 9 heteroatoms. The SMILES string of the molecule is C=CCOC(=O)NC(CC(=O)ON1C(=O)CCC1=O)c1ccc(Cl)cc1. The highest BCUT2D eigenvalue weighted by atomic mass is 35.5. The summed E-state index contributed by atoms with van der Waals surface area (Å²) < 4.78 is 4.85. The van der Waals surface area contributed by atoms with E-state index in [-0.39, 0.29) is 25.9 Å². The van der Waals surface area contributed by atoms with Crippen LogP contribution in [0.25, 0.3) is 0 Å². The van der Waals surface area contributed by atoms with E-state index < -0.39 is 29.9 Å². The lowest BCUT2D eigenvalue weighted by Crippen LogP contribution is -2.35. The summed E-state index contributed by atoms with van der Waals surface area (Å²) in [6, 6.07) is 5.64. The predicted molar refractivity (Wildman–Crippen MR) is 90.7 cm³/mol. The fourth-order valence-electron chi connectivity index (χ4n) is 2.23. The van der Waals surface area contributed by atoms with E-state index in [4.69, 9.17) is 21.2 Å². The lowest BCUT2D eigenvalue weighted by Gasteiger charge is -2.19. The third-order valence-corrected chi connectivity index (χ3v) is 3.72. The minimum atomic E-state index is -0.849. The number of amides is 3. The van der Waals surface area contributed by atoms with Crippen LogP contribution in [0.1, 0.15) is 30.9 Å². The highest BCUT2D eigenvalue weighted by molar-refractivity contribution is 6.30. The van der Waals surface area contributed by atoms with E-state index in [1.54, 1.807) is 24.3 Å². The molecule has 1 aliphatic heterocycles. The summed E-state index contributed by atoms with van der Waals surface area (Å²) in [6.07, 6.45) is 0.320. The summed E-state index contributed by atoms with van der Waals surface area (Å²) in [5.41, 5.74) is 0.570. The van der Waals surface area contributed by atoms with E-state index in [1.165, 1.54) is 6.08 Å². The molecule has 1 unspecified atom stereocenters. The Morgan fingerprint density at radius 3 is 2.42 bits per heavy atom. The van der Waals surface area contributed by atoms with Crippen LogP contribution >= 0.6 is 11.6 Å². The van der Waals surface area contributed by atoms with Gasteiger partial charge in [-0.3, -0.25) is 9.59 Å². The summed E-state index contributed by atoms with van der Waals surface area (Å²) in [4.78, 5) is 51.8. The molecular formula is C17H17ClN2O6. The van der Waals surface area contributed by atoms with Crippen molar-refractivity contribution in [2.24, 2.45) is 0 Å². The zero-order valence-corrected chi connectivity index (χ0v) is 14.5. The molecule has 0 aliphatic carbocycles. The van der Waals surface area contributed by atoms with Crippen LogP contribution in [-0.4, -0.2) is 35.5 Å². The molecular weight excluding hydrogens is 364 g/mol. The number of halogens is 1. The van der Waals surface area contributed by atoms with Gasteiger partial charge in [-0.2, -0.15) is 0 Å². The minimum Gasteiger partial charge on any atom is -0.445 e. The fourth-order valence-corrected chi connectivity index (χ4v) is 2.36. The maximum Gasteiger partial charge on any atom is 0.407 e. The molecule has 1 N–H and O–H groups in total. The van der Waals surface area contributed by atoms with E-state index in [0.29, 0.717) is 15.6 Å². The Morgan fingerprint density at radius 2 is 1.85 bits per heavy atom. The molecule has 1 atom stereocenters. The molecule has 1 aliphatic rings. The van der Waals surface area contributed by atoms with Crippen molar-refractivity contribution in [2.75, 3.05) is 6.61 Å². The molecule has 1 saturated heterocycles. The Balaban J connectivity index is 2.07. The van der Waals surface area contributed by atoms with Gasteiger partial charge in [0.2, 0.25) is 0 Å². The summed E-state index contributed by atoms with van der Waals surface area (Å²) >= 11 is 5.85. The fraction of sp³-hybridized carbons (Fsp3) is 0.294. The number of rotatable bonds is 7. The van der Waals surface area contributed by atoms with E-state index in [1.807, 2.05) is 0 Å². The Kier molecular flexibility index (Phi) is 6.74. The lowest BCUT2D eigenvalue weighted by atomic mass is 10.0. The molecule has 0 bridgehead atoms. The molecule has 138 valence electrons. The second-order valence-electron chi connectivity index (χ2n) is 5.38. The first-order valence-electron chi connectivity index (χ1n) is 7.77. The molecule has 0 saturated carbocycles. The van der Waals surface area contributed by atoms with Crippen LogP contribution in [0.5, 0.6) is 0 Å². The predicted octanol–water partition coefficient (Wildman–Crippen LogP) is 2.29. The lowest BCUT2D eigenvalue weighted by molar-refractivity contribution is -0.197. The molecule has 1 aromatic rings. The van der Waals surface area contributed by atoms with Crippen LogP contribution < -0.4 is 5.32 Å². The zero-order chi connectivity index (χ0) is 19.1. The Bertz CT molecular complexity index is 702. The second kappa shape index (κ2) is 9.00. The van der Waals surface area contributed by atoms with Crippen LogP contribution in [0, 0.1) is 0 Å². The normalized spacial score (nSPS) is 14.7. The van der Waals surface area contributed by atoms with Gasteiger partial charge in [0.1, 0.15) is 6.61 Å². The number of carbonyl (C=O) groups is 4. The molecule has 3 amide bonds. The number of nitrogens with one attached hydrogen (secondary N) is 1. The maximum absolute atomic E-state index is 12.1. The van der Waals surface area contributed by atoms with Crippen molar-refractivity contribution in [2.45, 2.75) is 25.3 Å². The highest BCUT2D eigenvalue weighted by Crippen LogP contribution is 2.21. The number of alkyl carbamates (subject to hydrolysis) is 1. The monoisotopic (exact) mass is 380 g/mol. The van der Waals surface area contributed by atoms with Crippen LogP contribution in [-0.2, 0) is 24.0 Å². The van der Waals surface area contributed by atoms with Gasteiger partial charge in [-0.1, -0.05) is 36.4 Å². The molecule has 0 aromatic heterocycles. The van der Waals surface area contributed by atoms with Gasteiger partial charge in [0.15, 0.2) is 0 Å². The number of imide groups is 1. The van der Waals surface area contributed by atoms with Crippen molar-refractivity contribution in [3.8, 4) is 0 Å². The molecule has 1 fully saturated rings. The first kappa shape index (κ1) is 19.5. The number of nitrogens with zero attached hydrogens (tertiary/aromatic N) is 1. The van der Waals surface area contributed by atoms with Crippen molar-refractivity contribution >= 4 is 35.5 Å². The van der Waals surface area contributed by atoms with E-state index in [9.17, 15) is 19.2 Å². The number of benzene rings is 1. The standard InChI is InChI=1S/C17H17ClN2O6/c1-2-9-25-17(24)19-13(11-3-5-12(18)6-4-11)10-16(23)26-20-14(21)7-8-15(20)22/h2-6,13H,1,7-10H2,(H,19,24). The Morgan fingerprint density at radius 1 is 1.23 bits per heavy atom. The molecule has 8 nitrogen and oxygen atoms in total. The van der Waals surface area contributed by atoms with Gasteiger partial charge in [-0.05, 0) is 17.7 Å². The van der Waals surface area contributed by atoms with Gasteiger partial charge >= 0.3 is 12.1 Å². The van der Waals surface area contributed by atoms with Crippen LogP contribution in [0.3, 0.4) is 0 Å². The number of hydrogen-bond acceptors (Lipinski definition) is 6. The van der Waals surface area contributed by atoms with E-state index in [0.717, 1.165) is 0 Å². The quantitative estimate of drug-likeness (QED) is 0.575. The average molecular weight is 381 g/mol. The van der Waals surface area contributed by atoms with E-state index >= 15 is 0 Å². The van der Waals surface area contributed by atoms with Crippen molar-refractivity contribution in [1.82, 2.24) is 10.4 Å². The van der Waals surface area contributed by atoms with Crippen molar-refractivity contribution in [3.63, 3.8) is 0 Å². The summed E-state index contributed by atoms with van der Waals surface area (Å²) in [5, 5.41) is 3.46. The number of carbonyl (C=O) groups excluding carboxylic acids is 4. The van der Waals surface area contributed by atoms with Gasteiger partial charge in [0, 0.05) is 17.9 Å². The van der Waals surface area contributed by atoms with Gasteiger partial charge in [-0.25, -0.2) is 9.59 Å². The first-order valence-corrected chi connectivity index (χ1v) is 8.14.